The van der Waals surface area contributed by atoms with Gasteiger partial charge < -0.3 is 9.80 Å². The molecule has 1 aromatic carbocycles. The van der Waals surface area contributed by atoms with Crippen molar-refractivity contribution >= 4 is 44.9 Å². The molecule has 0 saturated carbocycles. The minimum atomic E-state index is -0.247. The summed E-state index contributed by atoms with van der Waals surface area (Å²) < 4.78 is 14.7. The van der Waals surface area contributed by atoms with Crippen LogP contribution in [0.25, 0.3) is 10.2 Å². The number of nitrogens with zero attached hydrogens (tertiary/aromatic N) is 4. The molecule has 6 nitrogen and oxygen atoms in total. The molecule has 1 saturated heterocycles. The van der Waals surface area contributed by atoms with Gasteiger partial charge in [-0.25, -0.2) is 9.37 Å². The molecule has 3 aromatic rings. The molecular formula is C23H25FN4O2S2. The highest BCUT2D eigenvalue weighted by Crippen LogP contribution is 2.34. The Kier molecular flexibility index (Phi) is 5.94. The molecule has 0 spiro atoms. The smallest absolute Gasteiger partial charge is 0.262 e. The first-order chi connectivity index (χ1) is 15.5. The van der Waals surface area contributed by atoms with Gasteiger partial charge in [-0.3, -0.25) is 14.2 Å². The van der Waals surface area contributed by atoms with Crippen LogP contribution < -0.4 is 10.5 Å². The fourth-order valence-electron chi connectivity index (χ4n) is 4.48. The fourth-order valence-corrected chi connectivity index (χ4v) is 6.66. The van der Waals surface area contributed by atoms with E-state index in [4.69, 9.17) is 4.98 Å². The molecule has 9 heteroatoms. The lowest BCUT2D eigenvalue weighted by molar-refractivity contribution is -0.128. The van der Waals surface area contributed by atoms with Crippen LogP contribution >= 0.6 is 23.1 Å². The monoisotopic (exact) mass is 472 g/mol. The summed E-state index contributed by atoms with van der Waals surface area (Å²) in [6.45, 7) is 2.68. The van der Waals surface area contributed by atoms with Crippen LogP contribution in [-0.2, 0) is 24.7 Å². The molecule has 3 heterocycles. The second kappa shape index (κ2) is 8.86. The van der Waals surface area contributed by atoms with Gasteiger partial charge in [0.2, 0.25) is 5.91 Å². The maximum atomic E-state index is 13.1. The zero-order valence-electron chi connectivity index (χ0n) is 18.0. The van der Waals surface area contributed by atoms with Gasteiger partial charge in [0, 0.05) is 43.8 Å². The molecule has 1 aliphatic heterocycles. The Morgan fingerprint density at radius 2 is 1.84 bits per heavy atom. The predicted molar refractivity (Wildman–Crippen MR) is 127 cm³/mol. The van der Waals surface area contributed by atoms with Crippen LogP contribution in [0.3, 0.4) is 0 Å². The summed E-state index contributed by atoms with van der Waals surface area (Å²) in [6.07, 6.45) is 4.29. The third-order valence-electron chi connectivity index (χ3n) is 6.30. The van der Waals surface area contributed by atoms with Gasteiger partial charge in [0.05, 0.1) is 11.1 Å². The van der Waals surface area contributed by atoms with Crippen molar-refractivity contribution in [1.82, 2.24) is 14.5 Å². The van der Waals surface area contributed by atoms with Gasteiger partial charge in [-0.2, -0.15) is 0 Å². The van der Waals surface area contributed by atoms with Crippen molar-refractivity contribution in [3.05, 3.63) is 50.9 Å². The van der Waals surface area contributed by atoms with Crippen LogP contribution in [0.1, 0.15) is 23.3 Å². The Morgan fingerprint density at radius 3 is 2.59 bits per heavy atom. The van der Waals surface area contributed by atoms with Gasteiger partial charge in [-0.1, -0.05) is 11.8 Å². The van der Waals surface area contributed by atoms with E-state index in [-0.39, 0.29) is 23.0 Å². The second-order valence-corrected chi connectivity index (χ2v) is 10.3. The number of amides is 1. The number of aryl methyl sites for hydroxylation is 2. The third kappa shape index (κ3) is 4.03. The molecule has 0 atom stereocenters. The van der Waals surface area contributed by atoms with Gasteiger partial charge in [-0.05, 0) is 55.5 Å². The van der Waals surface area contributed by atoms with Crippen molar-refractivity contribution in [2.45, 2.75) is 30.8 Å². The number of aromatic nitrogens is 2. The minimum absolute atomic E-state index is 0.00254. The van der Waals surface area contributed by atoms with Crippen molar-refractivity contribution < 1.29 is 9.18 Å². The maximum Gasteiger partial charge on any atom is 0.262 e. The summed E-state index contributed by atoms with van der Waals surface area (Å²) >= 11 is 2.97. The van der Waals surface area contributed by atoms with Gasteiger partial charge in [0.15, 0.2) is 5.16 Å². The number of anilines is 1. The van der Waals surface area contributed by atoms with Crippen LogP contribution in [0.2, 0.25) is 0 Å². The van der Waals surface area contributed by atoms with Crippen molar-refractivity contribution in [3.63, 3.8) is 0 Å². The Labute approximate surface area is 194 Å². The fraction of sp³-hybridized carbons (Fsp3) is 0.435. The standard InChI is InChI=1S/C23H25FN4O2S2/c1-26-22(30)20-17-4-2-3-5-18(17)32-21(20)25-23(26)31-14-19(29)28-12-10-27(11-13-28)16-8-6-15(24)7-9-16/h6-9H,2-5,10-14H2,1H3. The third-order valence-corrected chi connectivity index (χ3v) is 8.50. The van der Waals surface area contributed by atoms with E-state index < -0.39 is 0 Å². The maximum absolute atomic E-state index is 13.1. The molecule has 1 fully saturated rings. The lowest BCUT2D eigenvalue weighted by Gasteiger charge is -2.36. The number of halogens is 1. The molecule has 32 heavy (non-hydrogen) atoms. The summed E-state index contributed by atoms with van der Waals surface area (Å²) in [5.74, 6) is 0.0602. The minimum Gasteiger partial charge on any atom is -0.368 e. The average Bonchev–Trinajstić information content (AvgIpc) is 3.19. The van der Waals surface area contributed by atoms with Crippen LogP contribution in [0.4, 0.5) is 10.1 Å². The quantitative estimate of drug-likeness (QED) is 0.430. The highest BCUT2D eigenvalue weighted by atomic mass is 32.2. The molecule has 2 aromatic heterocycles. The summed E-state index contributed by atoms with van der Waals surface area (Å²) in [6, 6.07) is 6.46. The molecule has 2 aliphatic rings. The van der Waals surface area contributed by atoms with Crippen molar-refractivity contribution in [3.8, 4) is 0 Å². The number of hydrogen-bond donors (Lipinski definition) is 0. The number of thioether (sulfide) groups is 1. The zero-order chi connectivity index (χ0) is 22.2. The number of piperazine rings is 1. The Morgan fingerprint density at radius 1 is 1.12 bits per heavy atom. The molecule has 5 rings (SSSR count). The van der Waals surface area contributed by atoms with Gasteiger partial charge in [0.25, 0.3) is 5.56 Å². The molecule has 0 unspecified atom stereocenters. The first-order valence-electron chi connectivity index (χ1n) is 10.9. The molecule has 1 amide bonds. The van der Waals surface area contributed by atoms with Gasteiger partial charge in [-0.15, -0.1) is 11.3 Å². The summed E-state index contributed by atoms with van der Waals surface area (Å²) in [5, 5.41) is 1.37. The molecule has 0 N–H and O–H groups in total. The van der Waals surface area contributed by atoms with E-state index >= 15 is 0 Å². The largest absolute Gasteiger partial charge is 0.368 e. The van der Waals surface area contributed by atoms with Crippen LogP contribution in [0, 0.1) is 5.82 Å². The van der Waals surface area contributed by atoms with Crippen molar-refractivity contribution in [1.29, 1.82) is 0 Å². The summed E-state index contributed by atoms with van der Waals surface area (Å²) in [5.41, 5.74) is 2.16. The number of hydrogen-bond acceptors (Lipinski definition) is 6. The summed E-state index contributed by atoms with van der Waals surface area (Å²) in [4.78, 5) is 36.7. The lowest BCUT2D eigenvalue weighted by Crippen LogP contribution is -2.49. The highest BCUT2D eigenvalue weighted by Gasteiger charge is 2.24. The molecule has 1 aliphatic carbocycles. The van der Waals surface area contributed by atoms with E-state index in [0.29, 0.717) is 31.3 Å². The van der Waals surface area contributed by atoms with Gasteiger partial charge >= 0.3 is 0 Å². The van der Waals surface area contributed by atoms with E-state index in [9.17, 15) is 14.0 Å². The Balaban J connectivity index is 1.24. The normalized spacial score (nSPS) is 16.4. The van der Waals surface area contributed by atoms with Crippen molar-refractivity contribution in [2.75, 3.05) is 36.8 Å². The second-order valence-electron chi connectivity index (χ2n) is 8.28. The van der Waals surface area contributed by atoms with E-state index in [1.54, 1.807) is 35.1 Å². The topological polar surface area (TPSA) is 58.4 Å². The summed E-state index contributed by atoms with van der Waals surface area (Å²) in [7, 11) is 1.75. The van der Waals surface area contributed by atoms with Gasteiger partial charge in [0.1, 0.15) is 10.6 Å². The number of rotatable bonds is 4. The molecule has 0 bridgehead atoms. The highest BCUT2D eigenvalue weighted by molar-refractivity contribution is 7.99. The SMILES string of the molecule is Cn1c(SCC(=O)N2CCN(c3ccc(F)cc3)CC2)nc2sc3c(c2c1=O)CCCC3. The average molecular weight is 473 g/mol. The lowest BCUT2D eigenvalue weighted by atomic mass is 9.97. The van der Waals surface area contributed by atoms with E-state index in [1.807, 2.05) is 4.90 Å². The number of fused-ring (bicyclic) bond motifs is 3. The Hall–Kier alpha value is -2.39. The van der Waals surface area contributed by atoms with Crippen LogP contribution in [0.15, 0.2) is 34.2 Å². The number of benzene rings is 1. The first-order valence-corrected chi connectivity index (χ1v) is 12.7. The van der Waals surface area contributed by atoms with E-state index in [0.717, 1.165) is 35.2 Å². The Bertz CT molecular complexity index is 1210. The van der Waals surface area contributed by atoms with Crippen LogP contribution in [0.5, 0.6) is 0 Å². The number of thiophene rings is 1. The van der Waals surface area contributed by atoms with E-state index in [1.165, 1.54) is 40.8 Å². The van der Waals surface area contributed by atoms with Crippen molar-refractivity contribution in [2.24, 2.45) is 7.05 Å². The number of carbonyl (C=O) groups is 1. The number of carbonyl (C=O) groups excluding carboxylic acids is 1. The molecule has 0 radical (unpaired) electrons. The predicted octanol–water partition coefficient (Wildman–Crippen LogP) is 3.45. The first kappa shape index (κ1) is 21.5. The van der Waals surface area contributed by atoms with E-state index in [2.05, 4.69) is 4.90 Å². The zero-order valence-corrected chi connectivity index (χ0v) is 19.6. The van der Waals surface area contributed by atoms with Crippen LogP contribution in [-0.4, -0.2) is 52.3 Å². The molecule has 168 valence electrons. The molecular weight excluding hydrogens is 447 g/mol.